The molecule has 0 radical (unpaired) electrons. The minimum absolute atomic E-state index is 0.0375. The average molecular weight is 296 g/mol. The molecule has 0 bridgehead atoms. The van der Waals surface area contributed by atoms with Gasteiger partial charge in [-0.05, 0) is 19.9 Å². The first-order valence-corrected chi connectivity index (χ1v) is 5.77. The number of hydrogen-bond donors (Lipinski definition) is 1. The van der Waals surface area contributed by atoms with Crippen molar-refractivity contribution < 1.29 is 19.4 Å². The van der Waals surface area contributed by atoms with Gasteiger partial charge in [0.15, 0.2) is 0 Å². The third kappa shape index (κ3) is 4.23. The molecule has 0 aliphatic rings. The van der Waals surface area contributed by atoms with Gasteiger partial charge >= 0.3 is 11.7 Å². The molecule has 10 heteroatoms. The monoisotopic (exact) mass is 296 g/mol. The molecular weight excluding hydrogens is 284 g/mol. The Labute approximate surface area is 118 Å². The summed E-state index contributed by atoms with van der Waals surface area (Å²) in [7, 11) is 0. The van der Waals surface area contributed by atoms with E-state index in [9.17, 15) is 25.0 Å². The van der Waals surface area contributed by atoms with Crippen molar-refractivity contribution in [2.75, 3.05) is 12.0 Å². The van der Waals surface area contributed by atoms with Gasteiger partial charge in [0, 0.05) is 6.07 Å². The van der Waals surface area contributed by atoms with Crippen molar-refractivity contribution in [2.45, 2.75) is 13.8 Å². The molecule has 0 heterocycles. The summed E-state index contributed by atoms with van der Waals surface area (Å²) in [6.07, 6.45) is 0. The number of rotatable bonds is 6. The Morgan fingerprint density at radius 1 is 1.33 bits per heavy atom. The van der Waals surface area contributed by atoms with Crippen molar-refractivity contribution in [3.8, 4) is 0 Å². The summed E-state index contributed by atoms with van der Waals surface area (Å²) in [4.78, 5) is 31.2. The molecule has 0 unspecified atom stereocenters. The number of nitrogens with zero attached hydrogens (tertiary/aromatic N) is 3. The second-order valence-corrected chi connectivity index (χ2v) is 3.75. The van der Waals surface area contributed by atoms with Crippen molar-refractivity contribution in [1.82, 2.24) is 0 Å². The second kappa shape index (κ2) is 6.93. The third-order valence-corrected chi connectivity index (χ3v) is 2.30. The van der Waals surface area contributed by atoms with Gasteiger partial charge in [-0.1, -0.05) is 0 Å². The molecule has 0 amide bonds. The number of anilines is 1. The number of nitro benzene ring substituents is 2. The van der Waals surface area contributed by atoms with Crippen molar-refractivity contribution >= 4 is 28.7 Å². The van der Waals surface area contributed by atoms with Crippen LogP contribution < -0.4 is 5.43 Å². The van der Waals surface area contributed by atoms with Crippen LogP contribution in [0, 0.1) is 20.2 Å². The van der Waals surface area contributed by atoms with E-state index in [4.69, 9.17) is 0 Å². The van der Waals surface area contributed by atoms with Gasteiger partial charge in [-0.3, -0.25) is 25.7 Å². The Morgan fingerprint density at radius 3 is 2.52 bits per heavy atom. The fraction of sp³-hybridized carbons (Fsp3) is 0.273. The number of non-ortho nitro benzene ring substituents is 1. The number of carbonyl (C=O) groups is 1. The van der Waals surface area contributed by atoms with Gasteiger partial charge in [-0.25, -0.2) is 4.79 Å². The first-order valence-electron chi connectivity index (χ1n) is 5.77. The van der Waals surface area contributed by atoms with E-state index < -0.39 is 27.2 Å². The van der Waals surface area contributed by atoms with Crippen LogP contribution in [0.3, 0.4) is 0 Å². The predicted molar refractivity (Wildman–Crippen MR) is 73.1 cm³/mol. The Hall–Kier alpha value is -3.04. The number of carbonyl (C=O) groups excluding carboxylic acids is 1. The summed E-state index contributed by atoms with van der Waals surface area (Å²) in [5.41, 5.74) is 1.27. The molecule has 1 N–H and O–H groups in total. The van der Waals surface area contributed by atoms with Gasteiger partial charge in [0.1, 0.15) is 11.4 Å². The summed E-state index contributed by atoms with van der Waals surface area (Å²) in [5.74, 6) is -0.672. The van der Waals surface area contributed by atoms with Crippen LogP contribution in [0.25, 0.3) is 0 Å². The number of hydrazone groups is 1. The van der Waals surface area contributed by atoms with Gasteiger partial charge in [-0.2, -0.15) is 5.10 Å². The van der Waals surface area contributed by atoms with Crippen LogP contribution in [0.1, 0.15) is 13.8 Å². The zero-order valence-corrected chi connectivity index (χ0v) is 11.2. The molecule has 0 saturated carbocycles. The molecule has 0 spiro atoms. The van der Waals surface area contributed by atoms with E-state index in [1.54, 1.807) is 6.92 Å². The lowest BCUT2D eigenvalue weighted by molar-refractivity contribution is -0.393. The lowest BCUT2D eigenvalue weighted by Crippen LogP contribution is -2.15. The molecule has 1 rings (SSSR count). The normalized spacial score (nSPS) is 10.9. The van der Waals surface area contributed by atoms with Crippen LogP contribution >= 0.6 is 0 Å². The Morgan fingerprint density at radius 2 is 2.00 bits per heavy atom. The maximum Gasteiger partial charge on any atom is 0.354 e. The Bertz CT molecular complexity index is 613. The first kappa shape index (κ1) is 16.0. The molecule has 1 aromatic rings. The average Bonchev–Trinajstić information content (AvgIpc) is 2.44. The molecule has 0 aliphatic carbocycles. The maximum absolute atomic E-state index is 11.3. The van der Waals surface area contributed by atoms with Gasteiger partial charge in [-0.15, -0.1) is 0 Å². The van der Waals surface area contributed by atoms with Crippen LogP contribution in [0.15, 0.2) is 23.3 Å². The number of nitrogens with one attached hydrogen (secondary N) is 1. The van der Waals surface area contributed by atoms with Crippen LogP contribution in [-0.2, 0) is 9.53 Å². The first-order chi connectivity index (χ1) is 9.86. The predicted octanol–water partition coefficient (Wildman–Crippen LogP) is 1.85. The summed E-state index contributed by atoms with van der Waals surface area (Å²) in [6, 6.07) is 3.03. The van der Waals surface area contributed by atoms with Gasteiger partial charge < -0.3 is 4.74 Å². The number of ether oxygens (including phenoxy) is 1. The lowest BCUT2D eigenvalue weighted by Gasteiger charge is -2.04. The number of esters is 1. The number of benzene rings is 1. The fourth-order valence-corrected chi connectivity index (χ4v) is 1.30. The zero-order chi connectivity index (χ0) is 16.0. The Kier molecular flexibility index (Phi) is 5.29. The second-order valence-electron chi connectivity index (χ2n) is 3.75. The van der Waals surface area contributed by atoms with E-state index >= 15 is 0 Å². The molecule has 21 heavy (non-hydrogen) atoms. The van der Waals surface area contributed by atoms with Crippen molar-refractivity contribution in [3.05, 3.63) is 38.4 Å². The topological polar surface area (TPSA) is 137 Å². The molecule has 1 aromatic carbocycles. The highest BCUT2D eigenvalue weighted by Gasteiger charge is 2.19. The largest absolute Gasteiger partial charge is 0.461 e. The third-order valence-electron chi connectivity index (χ3n) is 2.30. The zero-order valence-electron chi connectivity index (χ0n) is 11.2. The summed E-state index contributed by atoms with van der Waals surface area (Å²) in [5, 5.41) is 25.1. The Balaban J connectivity index is 3.03. The van der Waals surface area contributed by atoms with Crippen LogP contribution in [0.2, 0.25) is 0 Å². The van der Waals surface area contributed by atoms with E-state index in [2.05, 4.69) is 15.3 Å². The molecule has 0 aliphatic heterocycles. The van der Waals surface area contributed by atoms with Crippen LogP contribution in [0.4, 0.5) is 17.1 Å². The SMILES string of the molecule is CCOC(=O)C(C)=NNc1ccc([N+](=O)[O-])cc1[N+](=O)[O-]. The van der Waals surface area contributed by atoms with Crippen LogP contribution in [0.5, 0.6) is 0 Å². The van der Waals surface area contributed by atoms with E-state index in [0.717, 1.165) is 18.2 Å². The maximum atomic E-state index is 11.3. The quantitative estimate of drug-likeness (QED) is 0.366. The van der Waals surface area contributed by atoms with E-state index in [1.165, 1.54) is 6.92 Å². The molecule has 0 atom stereocenters. The highest BCUT2D eigenvalue weighted by molar-refractivity contribution is 6.35. The van der Waals surface area contributed by atoms with E-state index in [-0.39, 0.29) is 18.0 Å². The van der Waals surface area contributed by atoms with Gasteiger partial charge in [0.2, 0.25) is 0 Å². The lowest BCUT2D eigenvalue weighted by atomic mass is 10.2. The smallest absolute Gasteiger partial charge is 0.354 e. The fourth-order valence-electron chi connectivity index (χ4n) is 1.30. The molecular formula is C11H12N4O6. The van der Waals surface area contributed by atoms with Gasteiger partial charge in [0.25, 0.3) is 5.69 Å². The molecule has 0 aromatic heterocycles. The molecule has 0 saturated heterocycles. The van der Waals surface area contributed by atoms with E-state index in [0.29, 0.717) is 0 Å². The summed E-state index contributed by atoms with van der Waals surface area (Å²) in [6.45, 7) is 3.16. The summed E-state index contributed by atoms with van der Waals surface area (Å²) >= 11 is 0. The standard InChI is InChI=1S/C11H12N4O6/c1-3-21-11(16)7(2)12-13-9-5-4-8(14(17)18)6-10(9)15(19)20/h4-6,13H,3H2,1-2H3. The number of hydrogen-bond acceptors (Lipinski definition) is 8. The van der Waals surface area contributed by atoms with Gasteiger partial charge in [0.05, 0.1) is 22.5 Å². The number of nitro groups is 2. The highest BCUT2D eigenvalue weighted by Crippen LogP contribution is 2.28. The minimum atomic E-state index is -0.787. The van der Waals surface area contributed by atoms with Crippen molar-refractivity contribution in [1.29, 1.82) is 0 Å². The molecule has 112 valence electrons. The van der Waals surface area contributed by atoms with E-state index in [1.807, 2.05) is 0 Å². The van der Waals surface area contributed by atoms with Crippen molar-refractivity contribution in [3.63, 3.8) is 0 Å². The molecule has 0 fully saturated rings. The molecule has 10 nitrogen and oxygen atoms in total. The van der Waals surface area contributed by atoms with Crippen LogP contribution in [-0.4, -0.2) is 28.1 Å². The minimum Gasteiger partial charge on any atom is -0.461 e. The highest BCUT2D eigenvalue weighted by atomic mass is 16.6. The summed E-state index contributed by atoms with van der Waals surface area (Å²) < 4.78 is 4.69. The van der Waals surface area contributed by atoms with Crippen molar-refractivity contribution in [2.24, 2.45) is 5.10 Å².